The Bertz CT molecular complexity index is 596. The molecule has 1 unspecified atom stereocenters. The van der Waals surface area contributed by atoms with Crippen LogP contribution in [0.5, 0.6) is 0 Å². The van der Waals surface area contributed by atoms with Gasteiger partial charge in [0.1, 0.15) is 0 Å². The highest BCUT2D eigenvalue weighted by Crippen LogP contribution is 2.41. The van der Waals surface area contributed by atoms with Crippen LogP contribution < -0.4 is 0 Å². The Morgan fingerprint density at radius 1 is 1.11 bits per heavy atom. The van der Waals surface area contributed by atoms with Gasteiger partial charge in [0.25, 0.3) is 0 Å². The van der Waals surface area contributed by atoms with Crippen molar-refractivity contribution >= 4 is 0 Å². The average molecular weight is 368 g/mol. The topological polar surface area (TPSA) is 3.24 Å². The van der Waals surface area contributed by atoms with E-state index in [0.717, 1.165) is 31.4 Å². The molecule has 0 saturated heterocycles. The Morgan fingerprint density at radius 3 is 2.33 bits per heavy atom. The molecule has 1 heteroatoms. The number of nitrogens with zero attached hydrogens (tertiary/aromatic N) is 1. The van der Waals surface area contributed by atoms with E-state index in [1.54, 1.807) is 6.08 Å². The first-order valence-electron chi connectivity index (χ1n) is 10.1. The van der Waals surface area contributed by atoms with Crippen LogP contribution in [0.4, 0.5) is 0 Å². The summed E-state index contributed by atoms with van der Waals surface area (Å²) < 4.78 is 0. The molecule has 0 radical (unpaired) electrons. The number of hydrogen-bond donors (Lipinski definition) is 0. The molecule has 0 spiro atoms. The van der Waals surface area contributed by atoms with Gasteiger partial charge in [0.05, 0.1) is 0 Å². The second-order valence-corrected chi connectivity index (χ2v) is 7.78. The van der Waals surface area contributed by atoms with Gasteiger partial charge in [-0.2, -0.15) is 0 Å². The Kier molecular flexibility index (Phi) is 12.2. The lowest BCUT2D eigenvalue weighted by molar-refractivity contribution is 0.270. The number of rotatable bonds is 13. The third kappa shape index (κ3) is 8.95. The maximum Gasteiger partial charge on any atom is 0.0169 e. The van der Waals surface area contributed by atoms with Crippen molar-refractivity contribution in [3.05, 3.63) is 85.2 Å². The smallest absolute Gasteiger partial charge is 0.0169 e. The monoisotopic (exact) mass is 367 g/mol. The molecule has 150 valence electrons. The van der Waals surface area contributed by atoms with Crippen LogP contribution in [0, 0.1) is 11.3 Å². The summed E-state index contributed by atoms with van der Waals surface area (Å²) in [5, 5.41) is 0. The van der Waals surface area contributed by atoms with E-state index in [4.69, 9.17) is 0 Å². The third-order valence-electron chi connectivity index (χ3n) is 5.48. The Labute approximate surface area is 169 Å². The van der Waals surface area contributed by atoms with E-state index in [1.165, 1.54) is 11.3 Å². The van der Waals surface area contributed by atoms with Gasteiger partial charge in [-0.15, -0.1) is 0 Å². The first-order chi connectivity index (χ1) is 12.7. The second kappa shape index (κ2) is 13.2. The molecule has 0 heterocycles. The third-order valence-corrected chi connectivity index (χ3v) is 5.48. The van der Waals surface area contributed by atoms with Crippen molar-refractivity contribution < 1.29 is 0 Å². The normalized spacial score (nSPS) is 14.6. The summed E-state index contributed by atoms with van der Waals surface area (Å²) >= 11 is 0. The van der Waals surface area contributed by atoms with Crippen LogP contribution in [-0.2, 0) is 0 Å². The van der Waals surface area contributed by atoms with Crippen LogP contribution >= 0.6 is 0 Å². The minimum absolute atomic E-state index is 0.108. The molecule has 0 rings (SSSR count). The molecule has 0 aromatic rings. The Balaban J connectivity index is 5.61. The van der Waals surface area contributed by atoms with E-state index in [-0.39, 0.29) is 5.41 Å². The van der Waals surface area contributed by atoms with E-state index >= 15 is 0 Å². The summed E-state index contributed by atoms with van der Waals surface area (Å²) in [5.41, 5.74) is 3.93. The van der Waals surface area contributed by atoms with Crippen LogP contribution in [0.1, 0.15) is 53.9 Å². The van der Waals surface area contributed by atoms with Gasteiger partial charge in [-0.3, -0.25) is 0 Å². The molecule has 27 heavy (non-hydrogen) atoms. The predicted octanol–water partition coefficient (Wildman–Crippen LogP) is 7.64. The van der Waals surface area contributed by atoms with E-state index in [9.17, 15) is 0 Å². The van der Waals surface area contributed by atoms with Gasteiger partial charge in [-0.1, -0.05) is 96.0 Å². The molecule has 0 amide bonds. The molecule has 0 N–H and O–H groups in total. The quantitative estimate of drug-likeness (QED) is 0.302. The molecule has 0 fully saturated rings. The first-order valence-corrected chi connectivity index (χ1v) is 10.1. The molecular weight excluding hydrogens is 326 g/mol. The largest absolute Gasteiger partial charge is 0.378 e. The standard InChI is InChI=1S/C26H41N/c1-10-13-15-19-23(5)26(7,8)25(24(6)27(9)21-11-2)20-17-14-16-18-22(4)12-3/h10,12-18,23H,1,3-4,11,19-21H2,2,5-9H3/b15-13+,17-14-,18-16-,25-24-. The fourth-order valence-corrected chi connectivity index (χ4v) is 3.09. The van der Waals surface area contributed by atoms with Crippen molar-refractivity contribution in [2.75, 3.05) is 13.6 Å². The summed E-state index contributed by atoms with van der Waals surface area (Å²) in [6, 6.07) is 0. The van der Waals surface area contributed by atoms with Crippen LogP contribution in [-0.4, -0.2) is 18.5 Å². The fourth-order valence-electron chi connectivity index (χ4n) is 3.09. The van der Waals surface area contributed by atoms with Gasteiger partial charge in [0, 0.05) is 19.3 Å². The lowest BCUT2D eigenvalue weighted by atomic mass is 9.70. The summed E-state index contributed by atoms with van der Waals surface area (Å²) in [4.78, 5) is 2.40. The minimum atomic E-state index is 0.108. The number of allylic oxidation sites excluding steroid dienone is 11. The van der Waals surface area contributed by atoms with Crippen molar-refractivity contribution in [2.45, 2.75) is 53.9 Å². The zero-order valence-corrected chi connectivity index (χ0v) is 18.6. The maximum absolute atomic E-state index is 3.91. The Morgan fingerprint density at radius 2 is 1.78 bits per heavy atom. The number of hydrogen-bond acceptors (Lipinski definition) is 1. The molecule has 1 nitrogen and oxygen atoms in total. The molecule has 0 aromatic carbocycles. The van der Waals surface area contributed by atoms with Crippen LogP contribution in [0.15, 0.2) is 85.2 Å². The van der Waals surface area contributed by atoms with Gasteiger partial charge in [0.2, 0.25) is 0 Å². The predicted molar refractivity (Wildman–Crippen MR) is 125 cm³/mol. The summed E-state index contributed by atoms with van der Waals surface area (Å²) in [5.74, 6) is 0.540. The molecule has 0 bridgehead atoms. The zero-order chi connectivity index (χ0) is 20.9. The van der Waals surface area contributed by atoms with Crippen molar-refractivity contribution in [3.63, 3.8) is 0 Å². The zero-order valence-electron chi connectivity index (χ0n) is 18.6. The SMILES string of the molecule is C=C/C=C/CC(C)C(C)(C)/C(C/C=C\C=C/C(=C)C=C)=C(/C)N(C)CCC. The minimum Gasteiger partial charge on any atom is -0.378 e. The van der Waals surface area contributed by atoms with E-state index in [1.807, 2.05) is 24.3 Å². The molecule has 0 aromatic heterocycles. The molecule has 0 aliphatic heterocycles. The van der Waals surface area contributed by atoms with Gasteiger partial charge in [-0.05, 0) is 48.7 Å². The van der Waals surface area contributed by atoms with Crippen LogP contribution in [0.25, 0.3) is 0 Å². The van der Waals surface area contributed by atoms with Gasteiger partial charge in [0.15, 0.2) is 0 Å². The summed E-state index contributed by atoms with van der Waals surface area (Å²) in [6.07, 6.45) is 19.4. The average Bonchev–Trinajstić information content (AvgIpc) is 2.63. The molecular formula is C26H41N. The highest BCUT2D eigenvalue weighted by molar-refractivity contribution is 5.29. The second-order valence-electron chi connectivity index (χ2n) is 7.78. The Hall–Kier alpha value is -2.02. The van der Waals surface area contributed by atoms with Gasteiger partial charge < -0.3 is 4.90 Å². The maximum atomic E-state index is 3.91. The van der Waals surface area contributed by atoms with Crippen molar-refractivity contribution in [1.29, 1.82) is 0 Å². The summed E-state index contributed by atoms with van der Waals surface area (Å²) in [6.45, 7) is 24.1. The molecule has 1 atom stereocenters. The van der Waals surface area contributed by atoms with Crippen LogP contribution in [0.2, 0.25) is 0 Å². The van der Waals surface area contributed by atoms with Crippen molar-refractivity contribution in [3.8, 4) is 0 Å². The van der Waals surface area contributed by atoms with E-state index < -0.39 is 0 Å². The van der Waals surface area contributed by atoms with E-state index in [0.29, 0.717) is 5.92 Å². The lowest BCUT2D eigenvalue weighted by Crippen LogP contribution is -2.29. The van der Waals surface area contributed by atoms with Crippen molar-refractivity contribution in [1.82, 2.24) is 4.90 Å². The van der Waals surface area contributed by atoms with E-state index in [2.05, 4.69) is 84.5 Å². The molecule has 0 aliphatic carbocycles. The fraction of sp³-hybridized carbons (Fsp3) is 0.462. The van der Waals surface area contributed by atoms with Gasteiger partial charge >= 0.3 is 0 Å². The van der Waals surface area contributed by atoms with Gasteiger partial charge in [-0.25, -0.2) is 0 Å². The highest BCUT2D eigenvalue weighted by atomic mass is 15.1. The van der Waals surface area contributed by atoms with Crippen molar-refractivity contribution in [2.24, 2.45) is 11.3 Å². The highest BCUT2D eigenvalue weighted by Gasteiger charge is 2.30. The first kappa shape index (κ1) is 25.0. The molecule has 0 aliphatic rings. The van der Waals surface area contributed by atoms with Crippen LogP contribution in [0.3, 0.4) is 0 Å². The molecule has 0 saturated carbocycles. The lowest BCUT2D eigenvalue weighted by Gasteiger charge is -2.37. The summed E-state index contributed by atoms with van der Waals surface area (Å²) in [7, 11) is 2.20.